The standard InChI is InChI=1S/C7H4BrClOS/c8-7-2-1-6(11-7)5(9)3-4-10/h1-4H/b5-3-. The molecular formula is C7H4BrClOS. The first-order valence-corrected chi connectivity index (χ1v) is 4.79. The average Bonchev–Trinajstić information content (AvgIpc) is 2.36. The molecule has 0 saturated heterocycles. The second-order valence-electron chi connectivity index (χ2n) is 1.75. The predicted molar refractivity (Wildman–Crippen MR) is 51.9 cm³/mol. The largest absolute Gasteiger partial charge is 0.299 e. The third-order valence-corrected chi connectivity index (χ3v) is 3.12. The minimum absolute atomic E-state index is 0.482. The lowest BCUT2D eigenvalue weighted by molar-refractivity contribution is -0.104. The number of hydrogen-bond acceptors (Lipinski definition) is 2. The molecular weight excluding hydrogens is 248 g/mol. The molecule has 1 aromatic rings. The van der Waals surface area contributed by atoms with Crippen LogP contribution in [-0.2, 0) is 4.79 Å². The minimum Gasteiger partial charge on any atom is -0.299 e. The number of carbonyl (C=O) groups is 1. The Morgan fingerprint density at radius 1 is 1.64 bits per heavy atom. The van der Waals surface area contributed by atoms with Crippen molar-refractivity contribution >= 4 is 50.2 Å². The van der Waals surface area contributed by atoms with Gasteiger partial charge in [0.25, 0.3) is 0 Å². The van der Waals surface area contributed by atoms with Crippen molar-refractivity contribution in [2.24, 2.45) is 0 Å². The monoisotopic (exact) mass is 250 g/mol. The summed E-state index contributed by atoms with van der Waals surface area (Å²) in [5, 5.41) is 0.482. The molecule has 0 aliphatic heterocycles. The number of halogens is 2. The van der Waals surface area contributed by atoms with Gasteiger partial charge < -0.3 is 0 Å². The van der Waals surface area contributed by atoms with Crippen molar-refractivity contribution in [2.75, 3.05) is 0 Å². The number of rotatable bonds is 2. The molecule has 1 nitrogen and oxygen atoms in total. The molecule has 0 N–H and O–H groups in total. The first kappa shape index (κ1) is 8.97. The molecule has 1 rings (SSSR count). The van der Waals surface area contributed by atoms with Gasteiger partial charge in [-0.1, -0.05) is 11.6 Å². The molecule has 0 saturated carbocycles. The Hall–Kier alpha value is -0.120. The third-order valence-electron chi connectivity index (χ3n) is 1.02. The zero-order chi connectivity index (χ0) is 8.27. The summed E-state index contributed by atoms with van der Waals surface area (Å²) in [6, 6.07) is 3.75. The van der Waals surface area contributed by atoms with E-state index in [-0.39, 0.29) is 0 Å². The highest BCUT2D eigenvalue weighted by Gasteiger charge is 1.99. The van der Waals surface area contributed by atoms with Gasteiger partial charge in [0.15, 0.2) is 0 Å². The molecule has 0 aliphatic carbocycles. The van der Waals surface area contributed by atoms with Crippen molar-refractivity contribution in [3.63, 3.8) is 0 Å². The fourth-order valence-electron chi connectivity index (χ4n) is 0.585. The van der Waals surface area contributed by atoms with E-state index in [1.54, 1.807) is 0 Å². The van der Waals surface area contributed by atoms with Crippen molar-refractivity contribution in [3.8, 4) is 0 Å². The van der Waals surface area contributed by atoms with Crippen LogP contribution in [0, 0.1) is 0 Å². The Labute approximate surface area is 81.8 Å². The maximum atomic E-state index is 10.0. The first-order valence-electron chi connectivity index (χ1n) is 2.80. The van der Waals surface area contributed by atoms with Crippen molar-refractivity contribution in [3.05, 3.63) is 26.9 Å². The summed E-state index contributed by atoms with van der Waals surface area (Å²) in [6.07, 6.45) is 2.01. The van der Waals surface area contributed by atoms with Crippen LogP contribution in [0.2, 0.25) is 0 Å². The molecule has 1 aromatic heterocycles. The van der Waals surface area contributed by atoms with Gasteiger partial charge >= 0.3 is 0 Å². The van der Waals surface area contributed by atoms with Gasteiger partial charge in [-0.15, -0.1) is 11.3 Å². The summed E-state index contributed by atoms with van der Waals surface area (Å²) in [6.45, 7) is 0. The minimum atomic E-state index is 0.482. The number of aldehydes is 1. The van der Waals surface area contributed by atoms with E-state index in [1.807, 2.05) is 12.1 Å². The van der Waals surface area contributed by atoms with Crippen LogP contribution in [0.5, 0.6) is 0 Å². The van der Waals surface area contributed by atoms with E-state index in [0.717, 1.165) is 8.66 Å². The van der Waals surface area contributed by atoms with Crippen molar-refractivity contribution in [2.45, 2.75) is 0 Å². The van der Waals surface area contributed by atoms with Crippen LogP contribution in [0.25, 0.3) is 5.03 Å². The van der Waals surface area contributed by atoms with E-state index >= 15 is 0 Å². The summed E-state index contributed by atoms with van der Waals surface area (Å²) in [4.78, 5) is 10.9. The lowest BCUT2D eigenvalue weighted by Crippen LogP contribution is -1.67. The quantitative estimate of drug-likeness (QED) is 0.582. The highest BCUT2D eigenvalue weighted by atomic mass is 79.9. The Balaban J connectivity index is 2.93. The smallest absolute Gasteiger partial charge is 0.144 e. The zero-order valence-corrected chi connectivity index (χ0v) is 8.54. The first-order chi connectivity index (χ1) is 5.24. The third kappa shape index (κ3) is 2.43. The topological polar surface area (TPSA) is 17.1 Å². The van der Waals surface area contributed by atoms with Gasteiger partial charge in [0.2, 0.25) is 0 Å². The van der Waals surface area contributed by atoms with Crippen LogP contribution in [0.1, 0.15) is 4.88 Å². The lowest BCUT2D eigenvalue weighted by atomic mass is 10.4. The molecule has 0 aromatic carbocycles. The molecule has 11 heavy (non-hydrogen) atoms. The van der Waals surface area contributed by atoms with Gasteiger partial charge in [0.1, 0.15) is 6.29 Å². The fraction of sp³-hybridized carbons (Fsp3) is 0. The maximum absolute atomic E-state index is 10.0. The van der Waals surface area contributed by atoms with Gasteiger partial charge in [0.05, 0.1) is 8.82 Å². The van der Waals surface area contributed by atoms with Crippen LogP contribution < -0.4 is 0 Å². The maximum Gasteiger partial charge on any atom is 0.144 e. The summed E-state index contributed by atoms with van der Waals surface area (Å²) >= 11 is 10.5. The van der Waals surface area contributed by atoms with E-state index in [9.17, 15) is 4.79 Å². The van der Waals surface area contributed by atoms with Crippen LogP contribution in [-0.4, -0.2) is 6.29 Å². The second kappa shape index (κ2) is 4.04. The van der Waals surface area contributed by atoms with E-state index in [1.165, 1.54) is 17.4 Å². The fourth-order valence-corrected chi connectivity index (χ4v) is 2.12. The Bertz CT molecular complexity index is 292. The van der Waals surface area contributed by atoms with Crippen LogP contribution in [0.4, 0.5) is 0 Å². The SMILES string of the molecule is O=C/C=C(\Cl)c1ccc(Br)s1. The number of carbonyl (C=O) groups excluding carboxylic acids is 1. The van der Waals surface area contributed by atoms with Gasteiger partial charge in [-0.25, -0.2) is 0 Å². The Kier molecular flexibility index (Phi) is 3.30. The normalized spacial score (nSPS) is 11.6. The molecule has 0 bridgehead atoms. The Morgan fingerprint density at radius 2 is 2.36 bits per heavy atom. The van der Waals surface area contributed by atoms with Crippen molar-refractivity contribution < 1.29 is 4.79 Å². The number of allylic oxidation sites excluding steroid dienone is 1. The molecule has 0 spiro atoms. The summed E-state index contributed by atoms with van der Waals surface area (Å²) < 4.78 is 1.00. The van der Waals surface area contributed by atoms with Crippen LogP contribution >= 0.6 is 38.9 Å². The van der Waals surface area contributed by atoms with Gasteiger partial charge in [0, 0.05) is 4.88 Å². The van der Waals surface area contributed by atoms with Crippen molar-refractivity contribution in [1.82, 2.24) is 0 Å². The summed E-state index contributed by atoms with van der Waals surface area (Å²) in [5.41, 5.74) is 0. The van der Waals surface area contributed by atoms with E-state index < -0.39 is 0 Å². The molecule has 0 atom stereocenters. The summed E-state index contributed by atoms with van der Waals surface area (Å²) in [5.74, 6) is 0. The molecule has 0 aliphatic rings. The Morgan fingerprint density at radius 3 is 2.82 bits per heavy atom. The van der Waals surface area contributed by atoms with Gasteiger partial charge in [-0.05, 0) is 34.1 Å². The molecule has 1 heterocycles. The molecule has 0 fully saturated rings. The molecule has 0 amide bonds. The van der Waals surface area contributed by atoms with Crippen LogP contribution in [0.15, 0.2) is 22.0 Å². The van der Waals surface area contributed by atoms with E-state index in [2.05, 4.69) is 15.9 Å². The highest BCUT2D eigenvalue weighted by molar-refractivity contribution is 9.11. The number of thiophene rings is 1. The van der Waals surface area contributed by atoms with Gasteiger partial charge in [-0.2, -0.15) is 0 Å². The molecule has 0 radical (unpaired) electrons. The zero-order valence-electron chi connectivity index (χ0n) is 5.38. The van der Waals surface area contributed by atoms with Gasteiger partial charge in [-0.3, -0.25) is 4.79 Å². The molecule has 4 heteroatoms. The van der Waals surface area contributed by atoms with E-state index in [4.69, 9.17) is 11.6 Å². The average molecular weight is 252 g/mol. The van der Waals surface area contributed by atoms with Crippen molar-refractivity contribution in [1.29, 1.82) is 0 Å². The summed E-state index contributed by atoms with van der Waals surface area (Å²) in [7, 11) is 0. The number of hydrogen-bond donors (Lipinski definition) is 0. The molecule has 0 unspecified atom stereocenters. The lowest BCUT2D eigenvalue weighted by Gasteiger charge is -1.87. The van der Waals surface area contributed by atoms with E-state index in [0.29, 0.717) is 11.3 Å². The second-order valence-corrected chi connectivity index (χ2v) is 4.62. The van der Waals surface area contributed by atoms with Crippen LogP contribution in [0.3, 0.4) is 0 Å². The predicted octanol–water partition coefficient (Wildman–Crippen LogP) is 3.29. The molecule has 58 valence electrons. The highest BCUT2D eigenvalue weighted by Crippen LogP contribution is 2.29.